The van der Waals surface area contributed by atoms with E-state index < -0.39 is 0 Å². The Kier molecular flexibility index (Phi) is 7.13. The highest BCUT2D eigenvalue weighted by molar-refractivity contribution is 7.99. The van der Waals surface area contributed by atoms with Gasteiger partial charge < -0.3 is 5.73 Å². The zero-order valence-corrected chi connectivity index (χ0v) is 13.2. The molecular formula is C15H24ClNS. The maximum Gasteiger partial charge on any atom is 0.0544 e. The smallest absolute Gasteiger partial charge is 0.0544 e. The molecule has 0 bridgehead atoms. The van der Waals surface area contributed by atoms with Crippen LogP contribution in [-0.4, -0.2) is 11.8 Å². The van der Waals surface area contributed by atoms with E-state index >= 15 is 0 Å². The number of hydrogen-bond donors (Lipinski definition) is 1. The molecule has 0 heterocycles. The first-order valence-electron chi connectivity index (χ1n) is 6.74. The Morgan fingerprint density at radius 1 is 1.28 bits per heavy atom. The molecule has 0 aromatic heterocycles. The molecule has 3 heteroatoms. The molecule has 1 nitrogen and oxygen atoms in total. The topological polar surface area (TPSA) is 26.0 Å². The van der Waals surface area contributed by atoms with Crippen molar-refractivity contribution in [3.8, 4) is 0 Å². The summed E-state index contributed by atoms with van der Waals surface area (Å²) in [4.78, 5) is 1.23. The lowest BCUT2D eigenvalue weighted by molar-refractivity contribution is 0.634. The van der Waals surface area contributed by atoms with Crippen LogP contribution in [0.5, 0.6) is 0 Å². The van der Waals surface area contributed by atoms with Crippen molar-refractivity contribution >= 4 is 23.4 Å². The molecule has 2 atom stereocenters. The van der Waals surface area contributed by atoms with Crippen molar-refractivity contribution in [3.63, 3.8) is 0 Å². The first kappa shape index (κ1) is 15.9. The Balaban J connectivity index is 2.80. The summed E-state index contributed by atoms with van der Waals surface area (Å²) >= 11 is 8.19. The van der Waals surface area contributed by atoms with E-state index in [1.54, 1.807) is 0 Å². The average molecular weight is 286 g/mol. The van der Waals surface area contributed by atoms with Gasteiger partial charge in [-0.2, -0.15) is 0 Å². The van der Waals surface area contributed by atoms with E-state index in [1.807, 2.05) is 23.9 Å². The van der Waals surface area contributed by atoms with Crippen molar-refractivity contribution in [2.24, 2.45) is 11.7 Å². The van der Waals surface area contributed by atoms with Gasteiger partial charge in [0.1, 0.15) is 0 Å². The van der Waals surface area contributed by atoms with E-state index in [2.05, 4.69) is 26.8 Å². The van der Waals surface area contributed by atoms with E-state index in [4.69, 9.17) is 17.3 Å². The van der Waals surface area contributed by atoms with Gasteiger partial charge in [0.2, 0.25) is 0 Å². The first-order chi connectivity index (χ1) is 8.58. The molecule has 1 rings (SSSR count). The quantitative estimate of drug-likeness (QED) is 0.731. The summed E-state index contributed by atoms with van der Waals surface area (Å²) < 4.78 is 0. The van der Waals surface area contributed by atoms with Gasteiger partial charge in [0.05, 0.1) is 5.02 Å². The number of thioether (sulfide) groups is 1. The summed E-state index contributed by atoms with van der Waals surface area (Å²) in [5.74, 6) is 1.84. The minimum atomic E-state index is 0.228. The Bertz CT molecular complexity index is 368. The molecule has 2 N–H and O–H groups in total. The van der Waals surface area contributed by atoms with Crippen molar-refractivity contribution in [1.82, 2.24) is 0 Å². The summed E-state index contributed by atoms with van der Waals surface area (Å²) in [7, 11) is 0. The van der Waals surface area contributed by atoms with Crippen molar-refractivity contribution < 1.29 is 0 Å². The second-order valence-corrected chi connectivity index (χ2v) is 6.36. The highest BCUT2D eigenvalue weighted by Crippen LogP contribution is 2.33. The fourth-order valence-electron chi connectivity index (χ4n) is 1.65. The SMILES string of the molecule is CCC(C)CSc1c(Cl)cccc1CC(N)CC. The molecule has 0 spiro atoms. The molecule has 0 amide bonds. The van der Waals surface area contributed by atoms with Crippen LogP contribution in [0.4, 0.5) is 0 Å². The van der Waals surface area contributed by atoms with E-state index in [0.717, 1.165) is 29.5 Å². The highest BCUT2D eigenvalue weighted by atomic mass is 35.5. The van der Waals surface area contributed by atoms with Crippen LogP contribution in [0.25, 0.3) is 0 Å². The average Bonchev–Trinajstić information content (AvgIpc) is 2.37. The molecule has 0 radical (unpaired) electrons. The van der Waals surface area contributed by atoms with Crippen molar-refractivity contribution in [2.75, 3.05) is 5.75 Å². The third kappa shape index (κ3) is 4.83. The second-order valence-electron chi connectivity index (χ2n) is 4.92. The zero-order valence-electron chi connectivity index (χ0n) is 11.6. The fourth-order valence-corrected chi connectivity index (χ4v) is 3.23. The van der Waals surface area contributed by atoms with Gasteiger partial charge in [-0.05, 0) is 30.4 Å². The zero-order chi connectivity index (χ0) is 13.5. The van der Waals surface area contributed by atoms with Crippen LogP contribution in [0, 0.1) is 5.92 Å². The predicted octanol–water partition coefficient (Wildman–Crippen LogP) is 4.76. The molecular weight excluding hydrogens is 262 g/mol. The van der Waals surface area contributed by atoms with E-state index in [1.165, 1.54) is 16.9 Å². The van der Waals surface area contributed by atoms with Gasteiger partial charge >= 0.3 is 0 Å². The Morgan fingerprint density at radius 2 is 2.00 bits per heavy atom. The third-order valence-electron chi connectivity index (χ3n) is 3.26. The van der Waals surface area contributed by atoms with Gasteiger partial charge in [-0.15, -0.1) is 11.8 Å². The number of rotatable bonds is 7. The third-order valence-corrected chi connectivity index (χ3v) is 5.20. The van der Waals surface area contributed by atoms with E-state index in [0.29, 0.717) is 0 Å². The highest BCUT2D eigenvalue weighted by Gasteiger charge is 2.11. The molecule has 0 saturated carbocycles. The van der Waals surface area contributed by atoms with Crippen molar-refractivity contribution in [1.29, 1.82) is 0 Å². The van der Waals surface area contributed by atoms with Crippen LogP contribution in [0.1, 0.15) is 39.2 Å². The molecule has 1 aromatic carbocycles. The van der Waals surface area contributed by atoms with Crippen LogP contribution in [-0.2, 0) is 6.42 Å². The normalized spacial score (nSPS) is 14.5. The van der Waals surface area contributed by atoms with Gasteiger partial charge in [-0.1, -0.05) is 50.9 Å². The van der Waals surface area contributed by atoms with Crippen molar-refractivity contribution in [3.05, 3.63) is 28.8 Å². The molecule has 0 aliphatic heterocycles. The molecule has 0 saturated heterocycles. The summed E-state index contributed by atoms with van der Waals surface area (Å²) in [5.41, 5.74) is 7.35. The van der Waals surface area contributed by atoms with Crippen LogP contribution in [0.2, 0.25) is 5.02 Å². The summed E-state index contributed by atoms with van der Waals surface area (Å²) in [6.07, 6.45) is 3.13. The maximum absolute atomic E-state index is 6.32. The van der Waals surface area contributed by atoms with E-state index in [9.17, 15) is 0 Å². The lowest BCUT2D eigenvalue weighted by atomic mass is 10.0. The van der Waals surface area contributed by atoms with Gasteiger partial charge in [0, 0.05) is 16.7 Å². The molecule has 2 unspecified atom stereocenters. The minimum Gasteiger partial charge on any atom is -0.327 e. The van der Waals surface area contributed by atoms with Crippen molar-refractivity contribution in [2.45, 2.75) is 51.0 Å². The lowest BCUT2D eigenvalue weighted by Crippen LogP contribution is -2.21. The van der Waals surface area contributed by atoms with Crippen LogP contribution < -0.4 is 5.73 Å². The number of hydrogen-bond acceptors (Lipinski definition) is 2. The number of nitrogens with two attached hydrogens (primary N) is 1. The van der Waals surface area contributed by atoms with Crippen LogP contribution in [0.15, 0.2) is 23.1 Å². The second kappa shape index (κ2) is 8.08. The summed E-state index contributed by atoms with van der Waals surface area (Å²) in [5, 5.41) is 0.865. The molecule has 18 heavy (non-hydrogen) atoms. The maximum atomic E-state index is 6.32. The Labute approximate surface area is 120 Å². The number of benzene rings is 1. The Morgan fingerprint density at radius 3 is 2.61 bits per heavy atom. The monoisotopic (exact) mass is 285 g/mol. The fraction of sp³-hybridized carbons (Fsp3) is 0.600. The van der Waals surface area contributed by atoms with Gasteiger partial charge in [0.15, 0.2) is 0 Å². The largest absolute Gasteiger partial charge is 0.327 e. The molecule has 1 aromatic rings. The van der Waals surface area contributed by atoms with Gasteiger partial charge in [0.25, 0.3) is 0 Å². The standard InChI is InChI=1S/C15H24ClNS/c1-4-11(3)10-18-15-12(9-13(17)5-2)7-6-8-14(15)16/h6-8,11,13H,4-5,9-10,17H2,1-3H3. The van der Waals surface area contributed by atoms with Crippen LogP contribution in [0.3, 0.4) is 0 Å². The van der Waals surface area contributed by atoms with Gasteiger partial charge in [-0.25, -0.2) is 0 Å². The van der Waals surface area contributed by atoms with Gasteiger partial charge in [-0.3, -0.25) is 0 Å². The number of halogens is 1. The molecule has 0 aliphatic carbocycles. The minimum absolute atomic E-state index is 0.228. The van der Waals surface area contributed by atoms with Crippen LogP contribution >= 0.6 is 23.4 Å². The molecule has 0 fully saturated rings. The Hall–Kier alpha value is -0.180. The molecule has 102 valence electrons. The summed E-state index contributed by atoms with van der Waals surface area (Å²) in [6, 6.07) is 6.38. The summed E-state index contributed by atoms with van der Waals surface area (Å²) in [6.45, 7) is 6.63. The van der Waals surface area contributed by atoms with E-state index in [-0.39, 0.29) is 6.04 Å². The lowest BCUT2D eigenvalue weighted by Gasteiger charge is -2.16. The predicted molar refractivity (Wildman–Crippen MR) is 83.6 cm³/mol. The molecule has 0 aliphatic rings. The first-order valence-corrected chi connectivity index (χ1v) is 8.10.